The van der Waals surface area contributed by atoms with Crippen LogP contribution in [0.2, 0.25) is 0 Å². The van der Waals surface area contributed by atoms with Gasteiger partial charge in [-0.25, -0.2) is 13.9 Å². The van der Waals surface area contributed by atoms with Gasteiger partial charge in [-0.2, -0.15) is 0 Å². The second kappa shape index (κ2) is 10.2. The maximum Gasteiger partial charge on any atom is 0.348 e. The Morgan fingerprint density at radius 1 is 1.06 bits per heavy atom. The van der Waals surface area contributed by atoms with E-state index in [4.69, 9.17) is 10.5 Å². The lowest BCUT2D eigenvalue weighted by Crippen LogP contribution is -2.47. The Morgan fingerprint density at radius 2 is 1.68 bits per heavy atom. The third kappa shape index (κ3) is 4.37. The molecule has 6 nitrogen and oxygen atoms in total. The zero-order chi connectivity index (χ0) is 24.1. The molecule has 6 heteroatoms. The predicted molar refractivity (Wildman–Crippen MR) is 130 cm³/mol. The summed E-state index contributed by atoms with van der Waals surface area (Å²) in [7, 11) is 0. The summed E-state index contributed by atoms with van der Waals surface area (Å²) in [5.74, 6) is 0.527. The molecule has 2 N–H and O–H groups in total. The highest BCUT2D eigenvalue weighted by molar-refractivity contribution is 5.91. The molecule has 1 fully saturated rings. The highest BCUT2D eigenvalue weighted by atomic mass is 16.5. The Kier molecular flexibility index (Phi) is 7.15. The van der Waals surface area contributed by atoms with Crippen molar-refractivity contribution in [3.8, 4) is 0 Å². The van der Waals surface area contributed by atoms with E-state index in [0.717, 1.165) is 42.6 Å². The number of benzene rings is 2. The molecule has 1 aliphatic rings. The fourth-order valence-electron chi connectivity index (χ4n) is 5.60. The van der Waals surface area contributed by atoms with Gasteiger partial charge in [-0.1, -0.05) is 67.6 Å². The number of rotatable bonds is 9. The third-order valence-electron chi connectivity index (χ3n) is 7.22. The number of esters is 1. The molecule has 3 aromatic rings. The van der Waals surface area contributed by atoms with Crippen molar-refractivity contribution >= 4 is 11.9 Å². The van der Waals surface area contributed by atoms with E-state index in [1.54, 1.807) is 0 Å². The van der Waals surface area contributed by atoms with Gasteiger partial charge in [-0.15, -0.1) is 0 Å². The van der Waals surface area contributed by atoms with Crippen LogP contribution in [0.5, 0.6) is 0 Å². The maximum absolute atomic E-state index is 13.3. The fourth-order valence-corrected chi connectivity index (χ4v) is 5.60. The molecule has 34 heavy (non-hydrogen) atoms. The van der Waals surface area contributed by atoms with Gasteiger partial charge in [0.2, 0.25) is 5.91 Å². The minimum atomic E-state index is -0.891. The molecule has 0 saturated heterocycles. The zero-order valence-electron chi connectivity index (χ0n) is 20.0. The summed E-state index contributed by atoms with van der Waals surface area (Å²) in [6.45, 7) is 4.65. The van der Waals surface area contributed by atoms with Crippen molar-refractivity contribution in [2.75, 3.05) is 6.61 Å². The van der Waals surface area contributed by atoms with E-state index in [-0.39, 0.29) is 30.4 Å². The number of amides is 1. The number of carbonyl (C=O) groups excluding carboxylic acids is 2. The summed E-state index contributed by atoms with van der Waals surface area (Å²) in [4.78, 5) is 25.4. The summed E-state index contributed by atoms with van der Waals surface area (Å²) < 4.78 is 9.41. The summed E-state index contributed by atoms with van der Waals surface area (Å²) in [6.07, 6.45) is 7.42. The maximum atomic E-state index is 13.3. The average Bonchev–Trinajstić information content (AvgIpc) is 3.47. The van der Waals surface area contributed by atoms with Gasteiger partial charge in [0.25, 0.3) is 5.82 Å². The van der Waals surface area contributed by atoms with Gasteiger partial charge >= 0.3 is 5.97 Å². The topological polar surface area (TPSA) is 78.2 Å². The number of imidazole rings is 1. The van der Waals surface area contributed by atoms with Gasteiger partial charge in [-0.05, 0) is 42.7 Å². The predicted octanol–water partition coefficient (Wildman–Crippen LogP) is 3.85. The Labute approximate surface area is 201 Å². The first kappa shape index (κ1) is 23.7. The van der Waals surface area contributed by atoms with Gasteiger partial charge < -0.3 is 10.5 Å². The number of primary amides is 1. The summed E-state index contributed by atoms with van der Waals surface area (Å²) >= 11 is 0. The third-order valence-corrected chi connectivity index (χ3v) is 7.22. The molecular formula is C28H34N3O3+. The first-order valence-electron chi connectivity index (χ1n) is 12.1. The molecule has 2 unspecified atom stereocenters. The van der Waals surface area contributed by atoms with E-state index in [9.17, 15) is 9.59 Å². The molecule has 2 aromatic carbocycles. The fraction of sp³-hybridized carbons (Fsp3) is 0.393. The largest absolute Gasteiger partial charge is 0.463 e. The van der Waals surface area contributed by atoms with E-state index in [1.165, 1.54) is 0 Å². The molecule has 0 radical (unpaired) electrons. The monoisotopic (exact) mass is 460 g/mol. The first-order chi connectivity index (χ1) is 16.5. The van der Waals surface area contributed by atoms with Crippen molar-refractivity contribution in [2.24, 2.45) is 11.7 Å². The number of nitrogens with zero attached hydrogens (tertiary/aromatic N) is 2. The van der Waals surface area contributed by atoms with Crippen molar-refractivity contribution in [3.05, 3.63) is 90.0 Å². The van der Waals surface area contributed by atoms with Crippen molar-refractivity contribution in [2.45, 2.75) is 57.5 Å². The quantitative estimate of drug-likeness (QED) is 0.389. The van der Waals surface area contributed by atoms with Crippen LogP contribution in [0.1, 0.15) is 55.6 Å². The summed E-state index contributed by atoms with van der Waals surface area (Å²) in [5.41, 5.74) is 7.22. The molecule has 1 saturated carbocycles. The molecule has 4 rings (SSSR count). The van der Waals surface area contributed by atoms with Crippen LogP contribution in [-0.4, -0.2) is 23.1 Å². The second-order valence-electron chi connectivity index (χ2n) is 9.17. The van der Waals surface area contributed by atoms with Crippen molar-refractivity contribution in [1.82, 2.24) is 4.57 Å². The Balaban J connectivity index is 1.64. The van der Waals surface area contributed by atoms with Crippen molar-refractivity contribution in [3.63, 3.8) is 0 Å². The standard InChI is InChI=1S/C28H33N3O3/c1-3-18-34-26(32)20-30-16-17-31(21(30)2)25-15-14-24(19-25)28(27(29)33,22-10-6-4-7-11-22)23-12-8-5-9-13-23/h4-13,16-17,24-25H,3,14-15,18-20H2,1-2H3,(H-,29,33)/p+1. The van der Waals surface area contributed by atoms with Gasteiger partial charge in [0.05, 0.1) is 6.61 Å². The van der Waals surface area contributed by atoms with Crippen LogP contribution >= 0.6 is 0 Å². The first-order valence-corrected chi connectivity index (χ1v) is 12.1. The zero-order valence-corrected chi connectivity index (χ0v) is 20.0. The Morgan fingerprint density at radius 3 is 2.24 bits per heavy atom. The molecule has 1 amide bonds. The number of hydrogen-bond acceptors (Lipinski definition) is 3. The lowest BCUT2D eigenvalue weighted by Gasteiger charge is -2.37. The molecule has 1 aromatic heterocycles. The summed E-state index contributed by atoms with van der Waals surface area (Å²) in [5, 5.41) is 0. The molecule has 0 bridgehead atoms. The number of hydrogen-bond donors (Lipinski definition) is 1. The second-order valence-corrected chi connectivity index (χ2v) is 9.17. The lowest BCUT2D eigenvalue weighted by molar-refractivity contribution is -0.691. The molecule has 0 aliphatic heterocycles. The minimum Gasteiger partial charge on any atom is -0.463 e. The van der Waals surface area contributed by atoms with Crippen LogP contribution in [0.15, 0.2) is 73.1 Å². The minimum absolute atomic E-state index is 0.0598. The van der Waals surface area contributed by atoms with Crippen LogP contribution in [0.25, 0.3) is 0 Å². The van der Waals surface area contributed by atoms with E-state index < -0.39 is 5.41 Å². The molecule has 0 spiro atoms. The van der Waals surface area contributed by atoms with Gasteiger partial charge in [0, 0.05) is 6.92 Å². The molecule has 1 heterocycles. The lowest BCUT2D eigenvalue weighted by atomic mass is 9.64. The smallest absolute Gasteiger partial charge is 0.348 e. The van der Waals surface area contributed by atoms with E-state index in [0.29, 0.717) is 6.61 Å². The van der Waals surface area contributed by atoms with Crippen LogP contribution < -0.4 is 10.3 Å². The summed E-state index contributed by atoms with van der Waals surface area (Å²) in [6, 6.07) is 20.1. The molecule has 1 aliphatic carbocycles. The average molecular weight is 461 g/mol. The van der Waals surface area contributed by atoms with Crippen molar-refractivity contribution in [1.29, 1.82) is 0 Å². The van der Waals surface area contributed by atoms with Gasteiger partial charge in [-0.3, -0.25) is 4.79 Å². The van der Waals surface area contributed by atoms with Crippen LogP contribution in [0, 0.1) is 12.8 Å². The highest BCUT2D eigenvalue weighted by Crippen LogP contribution is 2.49. The van der Waals surface area contributed by atoms with Crippen molar-refractivity contribution < 1.29 is 18.9 Å². The van der Waals surface area contributed by atoms with E-state index in [2.05, 4.69) is 4.57 Å². The van der Waals surface area contributed by atoms with E-state index in [1.807, 2.05) is 91.5 Å². The van der Waals surface area contributed by atoms with Crippen LogP contribution in [0.3, 0.4) is 0 Å². The van der Waals surface area contributed by atoms with Gasteiger partial charge in [0.1, 0.15) is 23.9 Å². The number of aromatic nitrogens is 2. The Bertz CT molecular complexity index is 1080. The number of ether oxygens (including phenoxy) is 1. The molecule has 2 atom stereocenters. The SMILES string of the molecule is CCCOC(=O)C[n+]1ccn(C2CCC(C(C(N)=O)(c3ccccc3)c3ccccc3)C2)c1C. The van der Waals surface area contributed by atoms with E-state index >= 15 is 0 Å². The highest BCUT2D eigenvalue weighted by Gasteiger charge is 2.51. The van der Waals surface area contributed by atoms with Gasteiger partial charge in [0.15, 0.2) is 6.54 Å². The van der Waals surface area contributed by atoms with Crippen LogP contribution in [0.4, 0.5) is 0 Å². The molecular weight excluding hydrogens is 426 g/mol. The Hall–Kier alpha value is -3.41. The number of carbonyl (C=O) groups is 2. The molecule has 178 valence electrons. The normalized spacial score (nSPS) is 18.1. The number of nitrogens with two attached hydrogens (primary N) is 1. The van der Waals surface area contributed by atoms with Crippen LogP contribution in [-0.2, 0) is 26.3 Å².